The summed E-state index contributed by atoms with van der Waals surface area (Å²) in [6, 6.07) is 19.3. The fourth-order valence-electron chi connectivity index (χ4n) is 4.51. The number of halogens is 3. The molecule has 0 saturated carbocycles. The summed E-state index contributed by atoms with van der Waals surface area (Å²) in [5.74, 6) is -0.873. The number of aryl methyl sites for hydroxylation is 1. The highest BCUT2D eigenvalue weighted by molar-refractivity contribution is 6.31. The van der Waals surface area contributed by atoms with E-state index in [1.807, 2.05) is 30.3 Å². The van der Waals surface area contributed by atoms with Crippen molar-refractivity contribution in [3.8, 4) is 0 Å². The SMILES string of the molecule is Cc1cc([C@H]2C[C@H](C(=O)NCc3ccccc3F)CN(Cc3ccccc3Cl)C2)ccc1F. The van der Waals surface area contributed by atoms with Crippen LogP contribution in [0.1, 0.15) is 34.6 Å². The summed E-state index contributed by atoms with van der Waals surface area (Å²) in [6.07, 6.45) is 0.646. The van der Waals surface area contributed by atoms with Crippen molar-refractivity contribution in [3.05, 3.63) is 106 Å². The average Bonchev–Trinajstić information content (AvgIpc) is 2.81. The Balaban J connectivity index is 1.53. The van der Waals surface area contributed by atoms with Crippen molar-refractivity contribution in [3.63, 3.8) is 0 Å². The quantitative estimate of drug-likeness (QED) is 0.492. The summed E-state index contributed by atoms with van der Waals surface area (Å²) < 4.78 is 27.8. The second-order valence-electron chi connectivity index (χ2n) is 8.73. The molecule has 0 unspecified atom stereocenters. The third-order valence-corrected chi connectivity index (χ3v) is 6.68. The van der Waals surface area contributed by atoms with Crippen molar-refractivity contribution in [1.29, 1.82) is 0 Å². The topological polar surface area (TPSA) is 32.3 Å². The summed E-state index contributed by atoms with van der Waals surface area (Å²) in [5.41, 5.74) is 3.07. The summed E-state index contributed by atoms with van der Waals surface area (Å²) in [7, 11) is 0. The van der Waals surface area contributed by atoms with E-state index in [1.165, 1.54) is 12.1 Å². The molecule has 0 spiro atoms. The lowest BCUT2D eigenvalue weighted by Crippen LogP contribution is -2.45. The van der Waals surface area contributed by atoms with Crippen LogP contribution in [0.25, 0.3) is 0 Å². The van der Waals surface area contributed by atoms with E-state index in [2.05, 4.69) is 10.2 Å². The van der Waals surface area contributed by atoms with Crippen molar-refractivity contribution in [1.82, 2.24) is 10.2 Å². The van der Waals surface area contributed by atoms with Gasteiger partial charge in [0.1, 0.15) is 11.6 Å². The molecule has 1 aliphatic heterocycles. The number of hydrogen-bond acceptors (Lipinski definition) is 2. The number of hydrogen-bond donors (Lipinski definition) is 1. The fraction of sp³-hybridized carbons (Fsp3) is 0.296. The third-order valence-electron chi connectivity index (χ3n) is 6.31. The van der Waals surface area contributed by atoms with Gasteiger partial charge in [-0.25, -0.2) is 8.78 Å². The largest absolute Gasteiger partial charge is 0.352 e. The zero-order chi connectivity index (χ0) is 23.4. The molecule has 6 heteroatoms. The van der Waals surface area contributed by atoms with Gasteiger partial charge in [0.15, 0.2) is 0 Å². The lowest BCUT2D eigenvalue weighted by molar-refractivity contribution is -0.127. The normalized spacial score (nSPS) is 18.8. The Labute approximate surface area is 198 Å². The van der Waals surface area contributed by atoms with Gasteiger partial charge in [-0.05, 0) is 54.2 Å². The molecule has 3 aromatic carbocycles. The van der Waals surface area contributed by atoms with Crippen LogP contribution in [0.3, 0.4) is 0 Å². The molecule has 1 N–H and O–H groups in total. The maximum atomic E-state index is 14.0. The molecule has 33 heavy (non-hydrogen) atoms. The molecule has 0 bridgehead atoms. The minimum Gasteiger partial charge on any atom is -0.352 e. The molecule has 3 nitrogen and oxygen atoms in total. The number of nitrogens with one attached hydrogen (secondary N) is 1. The molecular weight excluding hydrogens is 442 g/mol. The van der Waals surface area contributed by atoms with E-state index in [-0.39, 0.29) is 35.9 Å². The molecule has 0 radical (unpaired) electrons. The van der Waals surface area contributed by atoms with E-state index >= 15 is 0 Å². The van der Waals surface area contributed by atoms with Crippen molar-refractivity contribution in [2.24, 2.45) is 5.92 Å². The highest BCUT2D eigenvalue weighted by atomic mass is 35.5. The van der Waals surface area contributed by atoms with E-state index < -0.39 is 0 Å². The van der Waals surface area contributed by atoms with Gasteiger partial charge >= 0.3 is 0 Å². The maximum Gasteiger partial charge on any atom is 0.224 e. The van der Waals surface area contributed by atoms with Crippen LogP contribution < -0.4 is 5.32 Å². The average molecular weight is 469 g/mol. The number of likely N-dealkylation sites (tertiary alicyclic amines) is 1. The Morgan fingerprint density at radius 1 is 1.00 bits per heavy atom. The van der Waals surface area contributed by atoms with Gasteiger partial charge in [-0.3, -0.25) is 9.69 Å². The van der Waals surface area contributed by atoms with Crippen LogP contribution in [-0.2, 0) is 17.9 Å². The van der Waals surface area contributed by atoms with Gasteiger partial charge < -0.3 is 5.32 Å². The second kappa shape index (κ2) is 10.4. The first kappa shape index (κ1) is 23.4. The Morgan fingerprint density at radius 3 is 2.45 bits per heavy atom. The highest BCUT2D eigenvalue weighted by Gasteiger charge is 2.32. The fourth-order valence-corrected chi connectivity index (χ4v) is 4.70. The molecule has 1 saturated heterocycles. The Kier molecular flexibility index (Phi) is 7.41. The monoisotopic (exact) mass is 468 g/mol. The lowest BCUT2D eigenvalue weighted by atomic mass is 9.83. The van der Waals surface area contributed by atoms with E-state index in [0.29, 0.717) is 35.7 Å². The predicted octanol–water partition coefficient (Wildman–Crippen LogP) is 5.85. The molecule has 3 aromatic rings. The molecule has 4 rings (SSSR count). The molecule has 1 fully saturated rings. The van der Waals surface area contributed by atoms with Gasteiger partial charge in [-0.2, -0.15) is 0 Å². The first-order valence-corrected chi connectivity index (χ1v) is 11.5. The number of nitrogens with zero attached hydrogens (tertiary/aromatic N) is 1. The third kappa shape index (κ3) is 5.79. The molecular formula is C27H27ClF2N2O. The van der Waals surface area contributed by atoms with E-state index in [4.69, 9.17) is 11.6 Å². The summed E-state index contributed by atoms with van der Waals surface area (Å²) >= 11 is 6.38. The number of benzene rings is 3. The number of amides is 1. The zero-order valence-electron chi connectivity index (χ0n) is 18.5. The Morgan fingerprint density at radius 2 is 1.73 bits per heavy atom. The van der Waals surface area contributed by atoms with Gasteiger partial charge in [-0.15, -0.1) is 0 Å². The molecule has 1 aliphatic rings. The molecule has 172 valence electrons. The van der Waals surface area contributed by atoms with Crippen LogP contribution >= 0.6 is 11.6 Å². The number of carbonyl (C=O) groups excluding carboxylic acids is 1. The van der Waals surface area contributed by atoms with E-state index in [9.17, 15) is 13.6 Å². The molecule has 2 atom stereocenters. The number of carbonyl (C=O) groups is 1. The summed E-state index contributed by atoms with van der Waals surface area (Å²) in [6.45, 7) is 3.83. The molecule has 1 amide bonds. The van der Waals surface area contributed by atoms with Gasteiger partial charge in [0, 0.05) is 36.8 Å². The first-order chi connectivity index (χ1) is 15.9. The molecule has 0 aromatic heterocycles. The van der Waals surface area contributed by atoms with E-state index in [1.54, 1.807) is 31.2 Å². The second-order valence-corrected chi connectivity index (χ2v) is 9.14. The van der Waals surface area contributed by atoms with Crippen LogP contribution in [0, 0.1) is 24.5 Å². The minimum atomic E-state index is -0.332. The van der Waals surface area contributed by atoms with Crippen molar-refractivity contribution in [2.75, 3.05) is 13.1 Å². The van der Waals surface area contributed by atoms with Crippen LogP contribution in [0.4, 0.5) is 8.78 Å². The van der Waals surface area contributed by atoms with Crippen LogP contribution in [-0.4, -0.2) is 23.9 Å². The maximum absolute atomic E-state index is 14.0. The highest BCUT2D eigenvalue weighted by Crippen LogP contribution is 2.33. The number of rotatable bonds is 6. The van der Waals surface area contributed by atoms with Crippen molar-refractivity contribution >= 4 is 17.5 Å². The van der Waals surface area contributed by atoms with Crippen LogP contribution in [0.5, 0.6) is 0 Å². The summed E-state index contributed by atoms with van der Waals surface area (Å²) in [5, 5.41) is 3.60. The minimum absolute atomic E-state index is 0.0738. The van der Waals surface area contributed by atoms with Gasteiger partial charge in [-0.1, -0.05) is 60.1 Å². The number of piperidine rings is 1. The molecule has 0 aliphatic carbocycles. The van der Waals surface area contributed by atoms with Gasteiger partial charge in [0.25, 0.3) is 0 Å². The van der Waals surface area contributed by atoms with Crippen molar-refractivity contribution in [2.45, 2.75) is 32.4 Å². The van der Waals surface area contributed by atoms with Gasteiger partial charge in [0.2, 0.25) is 5.91 Å². The van der Waals surface area contributed by atoms with Crippen LogP contribution in [0.15, 0.2) is 66.7 Å². The Bertz CT molecular complexity index is 1140. The Hall–Kier alpha value is -2.76. The lowest BCUT2D eigenvalue weighted by Gasteiger charge is -2.37. The standard InChI is InChI=1S/C27H27ClF2N2O/c1-18-12-19(10-11-25(18)29)22-13-23(27(33)31-14-20-6-3-5-9-26(20)30)17-32(16-22)15-21-7-2-4-8-24(21)28/h2-12,22-23H,13-17H2,1H3,(H,31,33)/t22-,23-/m0/s1. The molecule has 1 heterocycles. The summed E-state index contributed by atoms with van der Waals surface area (Å²) in [4.78, 5) is 15.3. The first-order valence-electron chi connectivity index (χ1n) is 11.1. The zero-order valence-corrected chi connectivity index (χ0v) is 19.3. The van der Waals surface area contributed by atoms with Gasteiger partial charge in [0.05, 0.1) is 5.92 Å². The smallest absolute Gasteiger partial charge is 0.224 e. The van der Waals surface area contributed by atoms with Crippen LogP contribution in [0.2, 0.25) is 5.02 Å². The van der Waals surface area contributed by atoms with E-state index in [0.717, 1.165) is 17.7 Å². The van der Waals surface area contributed by atoms with Crippen molar-refractivity contribution < 1.29 is 13.6 Å². The predicted molar refractivity (Wildman–Crippen MR) is 127 cm³/mol.